The van der Waals surface area contributed by atoms with Crippen LogP contribution in [0.2, 0.25) is 0 Å². The van der Waals surface area contributed by atoms with Crippen molar-refractivity contribution in [2.75, 3.05) is 19.6 Å². The maximum Gasteiger partial charge on any atom is 0.191 e. The molecule has 1 rings (SSSR count). The van der Waals surface area contributed by atoms with Gasteiger partial charge in [-0.05, 0) is 31.1 Å². The molecule has 1 atom stereocenters. The molecule has 0 bridgehead atoms. The second-order valence-corrected chi connectivity index (χ2v) is 5.82. The quantitative estimate of drug-likeness (QED) is 0.350. The van der Waals surface area contributed by atoms with Crippen molar-refractivity contribution < 1.29 is 0 Å². The zero-order valence-electron chi connectivity index (χ0n) is 12.2. The zero-order chi connectivity index (χ0) is 12.7. The molecule has 0 aromatic carbocycles. The van der Waals surface area contributed by atoms with Gasteiger partial charge in [-0.3, -0.25) is 4.99 Å². The number of guanidine groups is 1. The van der Waals surface area contributed by atoms with Crippen molar-refractivity contribution in [3.05, 3.63) is 0 Å². The van der Waals surface area contributed by atoms with E-state index in [1.165, 1.54) is 32.1 Å². The number of nitrogens with two attached hydrogens (primary N) is 1. The summed E-state index contributed by atoms with van der Waals surface area (Å²) in [4.78, 5) is 6.75. The van der Waals surface area contributed by atoms with Crippen molar-refractivity contribution in [2.24, 2.45) is 22.6 Å². The third-order valence-corrected chi connectivity index (χ3v) is 3.44. The highest BCUT2D eigenvalue weighted by atomic mass is 127. The van der Waals surface area contributed by atoms with Crippen LogP contribution in [0.4, 0.5) is 0 Å². The highest BCUT2D eigenvalue weighted by Crippen LogP contribution is 2.15. The molecule has 1 aliphatic rings. The summed E-state index contributed by atoms with van der Waals surface area (Å²) in [5.41, 5.74) is 6.03. The minimum Gasteiger partial charge on any atom is -0.370 e. The lowest BCUT2D eigenvalue weighted by Crippen LogP contribution is -2.43. The average molecular weight is 367 g/mol. The molecule has 4 heteroatoms. The molecule has 1 heterocycles. The molecule has 0 aromatic heterocycles. The lowest BCUT2D eigenvalue weighted by molar-refractivity contribution is 0.270. The van der Waals surface area contributed by atoms with Gasteiger partial charge >= 0.3 is 0 Å². The molecule has 0 amide bonds. The largest absolute Gasteiger partial charge is 0.370 e. The van der Waals surface area contributed by atoms with Gasteiger partial charge in [-0.25, -0.2) is 0 Å². The van der Waals surface area contributed by atoms with Gasteiger partial charge in [0.25, 0.3) is 0 Å². The Labute approximate surface area is 130 Å². The molecule has 1 saturated heterocycles. The van der Waals surface area contributed by atoms with Gasteiger partial charge < -0.3 is 10.6 Å². The van der Waals surface area contributed by atoms with E-state index < -0.39 is 0 Å². The summed E-state index contributed by atoms with van der Waals surface area (Å²) in [6.45, 7) is 9.90. The van der Waals surface area contributed by atoms with Gasteiger partial charge in [0, 0.05) is 19.6 Å². The Balaban J connectivity index is 0.00000289. The average Bonchev–Trinajstić information content (AvgIpc) is 2.28. The van der Waals surface area contributed by atoms with Gasteiger partial charge in [-0.15, -0.1) is 24.0 Å². The van der Waals surface area contributed by atoms with E-state index in [9.17, 15) is 0 Å². The molecule has 18 heavy (non-hydrogen) atoms. The van der Waals surface area contributed by atoms with Crippen molar-refractivity contribution in [1.29, 1.82) is 0 Å². The smallest absolute Gasteiger partial charge is 0.191 e. The van der Waals surface area contributed by atoms with E-state index in [1.54, 1.807) is 0 Å². The first-order chi connectivity index (χ1) is 8.09. The van der Waals surface area contributed by atoms with Crippen LogP contribution >= 0.6 is 24.0 Å². The molecule has 1 unspecified atom stereocenters. The van der Waals surface area contributed by atoms with Crippen molar-refractivity contribution >= 4 is 29.9 Å². The van der Waals surface area contributed by atoms with Crippen LogP contribution in [0, 0.1) is 11.8 Å². The fourth-order valence-corrected chi connectivity index (χ4v) is 2.36. The SMILES string of the molecule is CC(C)CCCCN=C(N)N1CCCC(C)C1.I. The lowest BCUT2D eigenvalue weighted by atomic mass is 10.0. The number of piperidine rings is 1. The first kappa shape index (κ1) is 18.0. The standard InChI is InChI=1S/C14H29N3.HI/c1-12(2)7-4-5-9-16-14(15)17-10-6-8-13(3)11-17;/h12-13H,4-11H2,1-3H3,(H2,15,16);1H. The predicted molar refractivity (Wildman–Crippen MR) is 90.6 cm³/mol. The van der Waals surface area contributed by atoms with Gasteiger partial charge in [-0.1, -0.05) is 33.6 Å². The molecule has 2 N–H and O–H groups in total. The summed E-state index contributed by atoms with van der Waals surface area (Å²) in [7, 11) is 0. The summed E-state index contributed by atoms with van der Waals surface area (Å²) in [5, 5.41) is 0. The highest BCUT2D eigenvalue weighted by molar-refractivity contribution is 14.0. The van der Waals surface area contributed by atoms with Crippen LogP contribution in [0.25, 0.3) is 0 Å². The van der Waals surface area contributed by atoms with Crippen molar-refractivity contribution in [1.82, 2.24) is 4.90 Å². The van der Waals surface area contributed by atoms with Crippen molar-refractivity contribution in [3.8, 4) is 0 Å². The van der Waals surface area contributed by atoms with E-state index in [0.29, 0.717) is 0 Å². The van der Waals surface area contributed by atoms with Crippen LogP contribution in [-0.2, 0) is 0 Å². The van der Waals surface area contributed by atoms with Crippen LogP contribution in [0.3, 0.4) is 0 Å². The number of aliphatic imine (C=N–C) groups is 1. The summed E-state index contributed by atoms with van der Waals surface area (Å²) >= 11 is 0. The summed E-state index contributed by atoms with van der Waals surface area (Å²) in [6.07, 6.45) is 6.33. The Morgan fingerprint density at radius 3 is 2.72 bits per heavy atom. The van der Waals surface area contributed by atoms with Crippen LogP contribution < -0.4 is 5.73 Å². The first-order valence-electron chi connectivity index (χ1n) is 7.14. The Morgan fingerprint density at radius 2 is 2.11 bits per heavy atom. The fraction of sp³-hybridized carbons (Fsp3) is 0.929. The third kappa shape index (κ3) is 7.44. The Morgan fingerprint density at radius 1 is 1.39 bits per heavy atom. The summed E-state index contributed by atoms with van der Waals surface area (Å²) in [6, 6.07) is 0. The molecule has 0 radical (unpaired) electrons. The van der Waals surface area contributed by atoms with Crippen LogP contribution in [-0.4, -0.2) is 30.5 Å². The maximum atomic E-state index is 6.03. The first-order valence-corrected chi connectivity index (χ1v) is 7.14. The molecule has 1 fully saturated rings. The van der Waals surface area contributed by atoms with E-state index >= 15 is 0 Å². The zero-order valence-corrected chi connectivity index (χ0v) is 14.5. The Hall–Kier alpha value is 0. The van der Waals surface area contributed by atoms with Crippen LogP contribution in [0.15, 0.2) is 4.99 Å². The fourth-order valence-electron chi connectivity index (χ4n) is 2.36. The number of hydrogen-bond donors (Lipinski definition) is 1. The van der Waals surface area contributed by atoms with Gasteiger partial charge in [0.15, 0.2) is 5.96 Å². The molecular formula is C14H30IN3. The van der Waals surface area contributed by atoms with E-state index in [-0.39, 0.29) is 24.0 Å². The lowest BCUT2D eigenvalue weighted by Gasteiger charge is -2.31. The van der Waals surface area contributed by atoms with E-state index in [4.69, 9.17) is 5.73 Å². The number of rotatable bonds is 5. The topological polar surface area (TPSA) is 41.6 Å². The monoisotopic (exact) mass is 367 g/mol. The second kappa shape index (κ2) is 9.87. The third-order valence-electron chi connectivity index (χ3n) is 3.44. The second-order valence-electron chi connectivity index (χ2n) is 5.82. The van der Waals surface area contributed by atoms with E-state index in [2.05, 4.69) is 30.7 Å². The summed E-state index contributed by atoms with van der Waals surface area (Å²) < 4.78 is 0. The van der Waals surface area contributed by atoms with Gasteiger partial charge in [0.1, 0.15) is 0 Å². The van der Waals surface area contributed by atoms with E-state index in [0.717, 1.165) is 37.4 Å². The van der Waals surface area contributed by atoms with Gasteiger partial charge in [0.05, 0.1) is 0 Å². The molecule has 0 aromatic rings. The van der Waals surface area contributed by atoms with Gasteiger partial charge in [0.2, 0.25) is 0 Å². The number of nitrogens with zero attached hydrogens (tertiary/aromatic N) is 2. The predicted octanol–water partition coefficient (Wildman–Crippen LogP) is 3.48. The van der Waals surface area contributed by atoms with Crippen LogP contribution in [0.1, 0.15) is 52.9 Å². The van der Waals surface area contributed by atoms with Crippen molar-refractivity contribution in [2.45, 2.75) is 52.9 Å². The number of hydrogen-bond acceptors (Lipinski definition) is 1. The molecule has 3 nitrogen and oxygen atoms in total. The number of unbranched alkanes of at least 4 members (excludes halogenated alkanes) is 1. The highest BCUT2D eigenvalue weighted by Gasteiger charge is 2.17. The van der Waals surface area contributed by atoms with Crippen molar-refractivity contribution in [3.63, 3.8) is 0 Å². The minimum absolute atomic E-state index is 0. The molecule has 108 valence electrons. The maximum absolute atomic E-state index is 6.03. The van der Waals surface area contributed by atoms with Gasteiger partial charge in [-0.2, -0.15) is 0 Å². The molecular weight excluding hydrogens is 337 g/mol. The summed E-state index contributed by atoms with van der Waals surface area (Å²) in [5.74, 6) is 2.33. The van der Waals surface area contributed by atoms with Crippen LogP contribution in [0.5, 0.6) is 0 Å². The van der Waals surface area contributed by atoms with E-state index in [1.807, 2.05) is 0 Å². The Bertz CT molecular complexity index is 241. The molecule has 0 saturated carbocycles. The Kier molecular flexibility index (Phi) is 9.87. The number of halogens is 1. The normalized spacial score (nSPS) is 21.0. The minimum atomic E-state index is 0. The molecule has 1 aliphatic heterocycles. The molecule has 0 spiro atoms. The molecule has 0 aliphatic carbocycles. The number of likely N-dealkylation sites (tertiary alicyclic amines) is 1.